The second-order valence-electron chi connectivity index (χ2n) is 9.87. The number of hydrogen-bond acceptors (Lipinski definition) is 6. The summed E-state index contributed by atoms with van der Waals surface area (Å²) in [7, 11) is 0. The van der Waals surface area contributed by atoms with Crippen molar-refractivity contribution < 1.29 is 9.47 Å². The Labute approximate surface area is 247 Å². The van der Waals surface area contributed by atoms with Gasteiger partial charge in [0.15, 0.2) is 0 Å². The molecule has 6 nitrogen and oxygen atoms in total. The number of hydrogen-bond donors (Lipinski definition) is 0. The third-order valence-electron chi connectivity index (χ3n) is 6.84. The van der Waals surface area contributed by atoms with Crippen LogP contribution in [0.15, 0.2) is 84.9 Å². The molecule has 4 aromatic carbocycles. The predicted octanol–water partition coefficient (Wildman–Crippen LogP) is 6.89. The first kappa shape index (κ1) is 29.4. The molecule has 206 valence electrons. The van der Waals surface area contributed by atoms with Crippen molar-refractivity contribution in [2.24, 2.45) is 0 Å². The van der Waals surface area contributed by atoms with Crippen LogP contribution < -0.4 is 9.47 Å². The van der Waals surface area contributed by atoms with Crippen molar-refractivity contribution in [2.75, 3.05) is 0 Å². The topological polar surface area (TPSA) is 114 Å². The molecular weight excluding hydrogens is 520 g/mol. The lowest BCUT2D eigenvalue weighted by Crippen LogP contribution is -2.06. The van der Waals surface area contributed by atoms with Gasteiger partial charge in [-0.2, -0.15) is 21.0 Å². The largest absolute Gasteiger partial charge is 0.488 e. The summed E-state index contributed by atoms with van der Waals surface area (Å²) in [4.78, 5) is 0. The third-order valence-corrected chi connectivity index (χ3v) is 6.84. The Morgan fingerprint density at radius 3 is 1.02 bits per heavy atom. The number of benzene rings is 4. The lowest BCUT2D eigenvalue weighted by molar-refractivity contribution is 0.300. The van der Waals surface area contributed by atoms with Gasteiger partial charge in [0, 0.05) is 22.3 Å². The van der Waals surface area contributed by atoms with Gasteiger partial charge in [-0.3, -0.25) is 0 Å². The summed E-state index contributed by atoms with van der Waals surface area (Å²) in [5.41, 5.74) is 7.03. The standard InChI is InChI=1S/C36H30N4O2/c37-17-13-31-21-29(22-32(14-18-38)35(31)41-25-27-7-3-1-4-8-27)11-12-30-23-33(15-19-39)36(34(24-30)16-20-40)42-26-28-9-5-2-6-10-28/h1-10,21-24H,11-16,25-26H2. The van der Waals surface area contributed by atoms with E-state index in [9.17, 15) is 21.0 Å². The Bertz CT molecular complexity index is 1470. The van der Waals surface area contributed by atoms with E-state index in [-0.39, 0.29) is 25.7 Å². The van der Waals surface area contributed by atoms with Crippen LogP contribution >= 0.6 is 0 Å². The average Bonchev–Trinajstić information content (AvgIpc) is 3.01. The summed E-state index contributed by atoms with van der Waals surface area (Å²) < 4.78 is 12.3. The summed E-state index contributed by atoms with van der Waals surface area (Å²) in [5.74, 6) is 1.19. The SMILES string of the molecule is N#CCc1cc(CCc2cc(CC#N)c(OCc3ccccc3)c(CC#N)c2)cc(CC#N)c1OCc1ccccc1. The van der Waals surface area contributed by atoms with Crippen LogP contribution in [-0.4, -0.2) is 0 Å². The Morgan fingerprint density at radius 1 is 0.429 bits per heavy atom. The molecule has 0 bridgehead atoms. The highest BCUT2D eigenvalue weighted by atomic mass is 16.5. The Balaban J connectivity index is 1.59. The minimum absolute atomic E-state index is 0.169. The van der Waals surface area contributed by atoms with Gasteiger partial charge in [0.2, 0.25) is 0 Å². The van der Waals surface area contributed by atoms with E-state index >= 15 is 0 Å². The maximum atomic E-state index is 9.52. The number of nitriles is 4. The number of aryl methyl sites for hydroxylation is 2. The Hall–Kier alpha value is -5.56. The van der Waals surface area contributed by atoms with Crippen LogP contribution in [0, 0.1) is 45.3 Å². The maximum Gasteiger partial charge on any atom is 0.128 e. The van der Waals surface area contributed by atoms with Crippen LogP contribution in [0.1, 0.15) is 44.5 Å². The van der Waals surface area contributed by atoms with Crippen molar-refractivity contribution in [3.8, 4) is 35.8 Å². The fourth-order valence-corrected chi connectivity index (χ4v) is 4.93. The summed E-state index contributed by atoms with van der Waals surface area (Å²) >= 11 is 0. The van der Waals surface area contributed by atoms with E-state index in [1.54, 1.807) is 0 Å². The molecule has 0 fully saturated rings. The van der Waals surface area contributed by atoms with Crippen molar-refractivity contribution >= 4 is 0 Å². The van der Waals surface area contributed by atoms with Crippen LogP contribution in [0.25, 0.3) is 0 Å². The average molecular weight is 551 g/mol. The lowest BCUT2D eigenvalue weighted by Gasteiger charge is -2.17. The highest BCUT2D eigenvalue weighted by molar-refractivity contribution is 5.49. The molecular formula is C36H30N4O2. The van der Waals surface area contributed by atoms with E-state index in [0.717, 1.165) is 44.5 Å². The van der Waals surface area contributed by atoms with Crippen molar-refractivity contribution in [1.82, 2.24) is 0 Å². The van der Waals surface area contributed by atoms with E-state index in [2.05, 4.69) is 24.3 Å². The first-order chi connectivity index (χ1) is 20.6. The minimum Gasteiger partial charge on any atom is -0.488 e. The van der Waals surface area contributed by atoms with Gasteiger partial charge in [-0.25, -0.2) is 0 Å². The zero-order valence-electron chi connectivity index (χ0n) is 23.3. The molecule has 0 aliphatic rings. The predicted molar refractivity (Wildman–Crippen MR) is 159 cm³/mol. The molecule has 42 heavy (non-hydrogen) atoms. The molecule has 0 aliphatic carbocycles. The van der Waals surface area contributed by atoms with Crippen LogP contribution in [-0.2, 0) is 51.7 Å². The zero-order chi connectivity index (χ0) is 29.6. The smallest absolute Gasteiger partial charge is 0.128 e. The van der Waals surface area contributed by atoms with Crippen LogP contribution in [0.3, 0.4) is 0 Å². The van der Waals surface area contributed by atoms with Crippen molar-refractivity contribution in [3.05, 3.63) is 129 Å². The molecule has 0 radical (unpaired) electrons. The van der Waals surface area contributed by atoms with Gasteiger partial charge >= 0.3 is 0 Å². The molecule has 0 aromatic heterocycles. The van der Waals surface area contributed by atoms with Gasteiger partial charge in [0.25, 0.3) is 0 Å². The molecule has 0 amide bonds. The molecule has 0 atom stereocenters. The molecule has 0 aliphatic heterocycles. The van der Waals surface area contributed by atoms with Crippen molar-refractivity contribution in [3.63, 3.8) is 0 Å². The molecule has 4 rings (SSSR count). The second kappa shape index (κ2) is 15.3. The molecule has 0 saturated carbocycles. The van der Waals surface area contributed by atoms with Crippen molar-refractivity contribution in [1.29, 1.82) is 21.0 Å². The first-order valence-electron chi connectivity index (χ1n) is 13.8. The first-order valence-corrected chi connectivity index (χ1v) is 13.8. The summed E-state index contributed by atoms with van der Waals surface area (Å²) in [6, 6.07) is 36.4. The normalized spacial score (nSPS) is 10.1. The summed E-state index contributed by atoms with van der Waals surface area (Å²) in [6.07, 6.45) is 1.98. The fourth-order valence-electron chi connectivity index (χ4n) is 4.93. The second-order valence-corrected chi connectivity index (χ2v) is 9.87. The fraction of sp³-hybridized carbons (Fsp3) is 0.222. The highest BCUT2D eigenvalue weighted by Gasteiger charge is 2.16. The molecule has 0 saturated heterocycles. The van der Waals surface area contributed by atoms with E-state index in [1.165, 1.54) is 0 Å². The zero-order valence-corrected chi connectivity index (χ0v) is 23.3. The van der Waals surface area contributed by atoms with Crippen LogP contribution in [0.2, 0.25) is 0 Å². The number of rotatable bonds is 13. The summed E-state index contributed by atoms with van der Waals surface area (Å²) in [6.45, 7) is 0.693. The van der Waals surface area contributed by atoms with Gasteiger partial charge in [-0.15, -0.1) is 0 Å². The molecule has 0 heterocycles. The van der Waals surface area contributed by atoms with Crippen LogP contribution in [0.4, 0.5) is 0 Å². The molecule has 0 spiro atoms. The molecule has 6 heteroatoms. The van der Waals surface area contributed by atoms with Crippen LogP contribution in [0.5, 0.6) is 11.5 Å². The van der Waals surface area contributed by atoms with Gasteiger partial charge in [0.1, 0.15) is 24.7 Å². The van der Waals surface area contributed by atoms with E-state index in [1.807, 2.05) is 84.9 Å². The van der Waals surface area contributed by atoms with E-state index < -0.39 is 0 Å². The Kier molecular flexibility index (Phi) is 10.7. The Morgan fingerprint density at radius 2 is 0.738 bits per heavy atom. The molecule has 0 unspecified atom stereocenters. The number of nitrogens with zero attached hydrogens (tertiary/aromatic N) is 4. The lowest BCUT2D eigenvalue weighted by atomic mass is 9.94. The third kappa shape index (κ3) is 7.99. The molecule has 0 N–H and O–H groups in total. The summed E-state index contributed by atoms with van der Waals surface area (Å²) in [5, 5.41) is 38.1. The highest BCUT2D eigenvalue weighted by Crippen LogP contribution is 2.31. The van der Waals surface area contributed by atoms with E-state index in [0.29, 0.717) is 37.6 Å². The van der Waals surface area contributed by atoms with Gasteiger partial charge in [-0.05, 0) is 35.1 Å². The van der Waals surface area contributed by atoms with Gasteiger partial charge in [-0.1, -0.05) is 84.9 Å². The van der Waals surface area contributed by atoms with Gasteiger partial charge in [0.05, 0.1) is 50.0 Å². The quantitative estimate of drug-likeness (QED) is 0.179. The maximum absolute atomic E-state index is 9.52. The molecule has 4 aromatic rings. The van der Waals surface area contributed by atoms with Gasteiger partial charge < -0.3 is 9.47 Å². The minimum atomic E-state index is 0.169. The number of ether oxygens (including phenoxy) is 2. The van der Waals surface area contributed by atoms with Crippen molar-refractivity contribution in [2.45, 2.75) is 51.7 Å². The monoisotopic (exact) mass is 550 g/mol. The van der Waals surface area contributed by atoms with E-state index in [4.69, 9.17) is 9.47 Å².